The molecule has 1 fully saturated rings. The maximum Gasteiger partial charge on any atom is 0.213 e. The van der Waals surface area contributed by atoms with Crippen molar-refractivity contribution in [2.24, 2.45) is 0 Å². The molecule has 172 valence electrons. The van der Waals surface area contributed by atoms with Crippen LogP contribution in [0, 0.1) is 0 Å². The second kappa shape index (κ2) is 9.37. The Balaban J connectivity index is 1.42. The Bertz CT molecular complexity index is 1220. The summed E-state index contributed by atoms with van der Waals surface area (Å²) in [7, 11) is 6.33. The van der Waals surface area contributed by atoms with Gasteiger partial charge < -0.3 is 19.4 Å². The minimum Gasteiger partial charge on any atom is -0.478 e. The summed E-state index contributed by atoms with van der Waals surface area (Å²) in [6.07, 6.45) is 5.05. The van der Waals surface area contributed by atoms with E-state index in [4.69, 9.17) is 9.72 Å². The number of imidazole rings is 1. The number of piperazine rings is 1. The molecule has 0 aliphatic carbocycles. The van der Waals surface area contributed by atoms with Crippen molar-refractivity contribution in [1.29, 1.82) is 0 Å². The number of hydrogen-bond donors (Lipinski definition) is 0. The fourth-order valence-electron chi connectivity index (χ4n) is 4.41. The van der Waals surface area contributed by atoms with Gasteiger partial charge in [-0.05, 0) is 57.9 Å². The molecule has 0 atom stereocenters. The number of para-hydroxylation sites is 1. The molecule has 0 radical (unpaired) electrons. The summed E-state index contributed by atoms with van der Waals surface area (Å²) in [6, 6.07) is 14.7. The van der Waals surface area contributed by atoms with E-state index in [1.54, 1.807) is 0 Å². The molecule has 1 aromatic carbocycles. The largest absolute Gasteiger partial charge is 0.478 e. The zero-order valence-electron chi connectivity index (χ0n) is 19.7. The molecule has 0 amide bonds. The third kappa shape index (κ3) is 4.65. The van der Waals surface area contributed by atoms with E-state index in [2.05, 4.69) is 87.8 Å². The first kappa shape index (κ1) is 21.7. The molecule has 1 aliphatic rings. The lowest BCUT2D eigenvalue weighted by atomic mass is 10.1. The van der Waals surface area contributed by atoms with Crippen molar-refractivity contribution in [3.8, 4) is 17.0 Å². The first-order chi connectivity index (χ1) is 16.1. The van der Waals surface area contributed by atoms with Crippen LogP contribution in [0.15, 0.2) is 54.9 Å². The smallest absolute Gasteiger partial charge is 0.213 e. The quantitative estimate of drug-likeness (QED) is 0.406. The van der Waals surface area contributed by atoms with Crippen LogP contribution >= 0.6 is 0 Å². The van der Waals surface area contributed by atoms with Crippen molar-refractivity contribution in [3.05, 3.63) is 54.9 Å². The fourth-order valence-corrected chi connectivity index (χ4v) is 4.41. The Morgan fingerprint density at radius 2 is 1.79 bits per heavy atom. The van der Waals surface area contributed by atoms with E-state index in [9.17, 15) is 0 Å². The summed E-state index contributed by atoms with van der Waals surface area (Å²) in [6.45, 7) is 5.89. The molecule has 0 saturated carbocycles. The van der Waals surface area contributed by atoms with Crippen molar-refractivity contribution in [2.45, 2.75) is 6.42 Å². The topological polar surface area (TPSA) is 49.1 Å². The molecule has 1 saturated heterocycles. The maximum atomic E-state index is 5.79. The molecule has 5 rings (SSSR count). The van der Waals surface area contributed by atoms with Crippen LogP contribution in [0.3, 0.4) is 0 Å². The molecule has 0 N–H and O–H groups in total. The minimum atomic E-state index is 0.670. The average molecular weight is 445 g/mol. The number of anilines is 1. The van der Waals surface area contributed by atoms with Gasteiger partial charge in [-0.25, -0.2) is 9.97 Å². The van der Waals surface area contributed by atoms with Crippen LogP contribution in [0.5, 0.6) is 5.88 Å². The highest BCUT2D eigenvalue weighted by atomic mass is 16.5. The lowest BCUT2D eigenvalue weighted by Crippen LogP contribution is -2.44. The van der Waals surface area contributed by atoms with Gasteiger partial charge in [0, 0.05) is 62.3 Å². The summed E-state index contributed by atoms with van der Waals surface area (Å²) in [5.41, 5.74) is 6.60. The Morgan fingerprint density at radius 1 is 0.970 bits per heavy atom. The van der Waals surface area contributed by atoms with Crippen LogP contribution in [0.25, 0.3) is 27.8 Å². The zero-order chi connectivity index (χ0) is 22.8. The van der Waals surface area contributed by atoms with Crippen molar-refractivity contribution in [1.82, 2.24) is 24.2 Å². The third-order valence-electron chi connectivity index (χ3n) is 6.31. The Morgan fingerprint density at radius 3 is 2.55 bits per heavy atom. The van der Waals surface area contributed by atoms with Crippen molar-refractivity contribution < 1.29 is 4.74 Å². The lowest BCUT2D eigenvalue weighted by Gasteiger charge is -2.34. The van der Waals surface area contributed by atoms with Gasteiger partial charge in [-0.3, -0.25) is 4.40 Å². The highest BCUT2D eigenvalue weighted by Crippen LogP contribution is 2.30. The van der Waals surface area contributed by atoms with E-state index in [1.165, 1.54) is 11.2 Å². The number of rotatable bonds is 7. The first-order valence-electron chi connectivity index (χ1n) is 11.7. The third-order valence-corrected chi connectivity index (χ3v) is 6.31. The minimum absolute atomic E-state index is 0.670. The van der Waals surface area contributed by atoms with Crippen LogP contribution in [0.2, 0.25) is 0 Å². The molecule has 0 bridgehead atoms. The normalized spacial score (nSPS) is 15.1. The van der Waals surface area contributed by atoms with Gasteiger partial charge in [-0.15, -0.1) is 0 Å². The number of benzene rings is 1. The number of likely N-dealkylation sites (N-methyl/N-ethyl adjacent to an activating group) is 1. The van der Waals surface area contributed by atoms with Crippen molar-refractivity contribution in [3.63, 3.8) is 0 Å². The number of pyridine rings is 2. The number of aromatic nitrogens is 3. The number of ether oxygens (including phenoxy) is 1. The van der Waals surface area contributed by atoms with Gasteiger partial charge in [-0.2, -0.15) is 0 Å². The predicted octanol–water partition coefficient (Wildman–Crippen LogP) is 3.63. The maximum absolute atomic E-state index is 5.79. The summed E-state index contributed by atoms with van der Waals surface area (Å²) in [4.78, 5) is 16.4. The van der Waals surface area contributed by atoms with Crippen LogP contribution in [0.1, 0.15) is 6.42 Å². The van der Waals surface area contributed by atoms with Gasteiger partial charge in [0.25, 0.3) is 0 Å². The molecular formula is C26H32N6O. The molecule has 7 nitrogen and oxygen atoms in total. The number of nitrogens with zero attached hydrogens (tertiary/aromatic N) is 6. The highest BCUT2D eigenvalue weighted by molar-refractivity contribution is 5.92. The second-order valence-corrected chi connectivity index (χ2v) is 9.08. The van der Waals surface area contributed by atoms with Gasteiger partial charge in [-0.1, -0.05) is 6.07 Å². The molecule has 7 heteroatoms. The van der Waals surface area contributed by atoms with E-state index in [0.717, 1.165) is 61.4 Å². The molecule has 4 heterocycles. The first-order valence-corrected chi connectivity index (χ1v) is 11.7. The fraction of sp³-hybridized carbons (Fsp3) is 0.385. The molecule has 33 heavy (non-hydrogen) atoms. The lowest BCUT2D eigenvalue weighted by molar-refractivity contribution is 0.273. The van der Waals surface area contributed by atoms with Gasteiger partial charge in [0.15, 0.2) is 0 Å². The van der Waals surface area contributed by atoms with Gasteiger partial charge in [0.2, 0.25) is 5.88 Å². The van der Waals surface area contributed by atoms with Crippen molar-refractivity contribution in [2.75, 3.05) is 65.4 Å². The second-order valence-electron chi connectivity index (χ2n) is 9.08. The standard InChI is InChI=1S/C26H32N6O/c1-29(2)12-5-17-33-25-11-9-20(18-27-25)21-8-10-24-28-22-6-4-7-23(26(22)32(24)19-21)31-15-13-30(3)14-16-31/h4,6-11,18-19H,5,12-17H2,1-3H3. The van der Waals surface area contributed by atoms with Crippen LogP contribution in [-0.2, 0) is 0 Å². The van der Waals surface area contributed by atoms with Crippen LogP contribution < -0.4 is 9.64 Å². The Hall–Kier alpha value is -3.16. The van der Waals surface area contributed by atoms with E-state index in [0.29, 0.717) is 12.5 Å². The predicted molar refractivity (Wildman–Crippen MR) is 134 cm³/mol. The summed E-state index contributed by atoms with van der Waals surface area (Å²) < 4.78 is 8.02. The van der Waals surface area contributed by atoms with Crippen molar-refractivity contribution >= 4 is 22.4 Å². The van der Waals surface area contributed by atoms with E-state index < -0.39 is 0 Å². The molecular weight excluding hydrogens is 412 g/mol. The summed E-state index contributed by atoms with van der Waals surface area (Å²) in [5, 5.41) is 0. The zero-order valence-corrected chi connectivity index (χ0v) is 19.7. The molecule has 3 aromatic heterocycles. The molecule has 1 aliphatic heterocycles. The van der Waals surface area contributed by atoms with Gasteiger partial charge in [0.1, 0.15) is 5.65 Å². The van der Waals surface area contributed by atoms with E-state index in [-0.39, 0.29) is 0 Å². The van der Waals surface area contributed by atoms with Gasteiger partial charge >= 0.3 is 0 Å². The Kier molecular flexibility index (Phi) is 6.15. The average Bonchev–Trinajstić information content (AvgIpc) is 3.21. The van der Waals surface area contributed by atoms with Crippen LogP contribution in [0.4, 0.5) is 5.69 Å². The highest BCUT2D eigenvalue weighted by Gasteiger charge is 2.19. The van der Waals surface area contributed by atoms with E-state index in [1.807, 2.05) is 12.3 Å². The Labute approximate surface area is 195 Å². The number of hydrogen-bond acceptors (Lipinski definition) is 6. The number of fused-ring (bicyclic) bond motifs is 3. The van der Waals surface area contributed by atoms with Gasteiger partial charge in [0.05, 0.1) is 23.3 Å². The summed E-state index contributed by atoms with van der Waals surface area (Å²) in [5.74, 6) is 0.670. The molecule has 0 spiro atoms. The summed E-state index contributed by atoms with van der Waals surface area (Å²) >= 11 is 0. The monoisotopic (exact) mass is 444 g/mol. The molecule has 4 aromatic rings. The molecule has 0 unspecified atom stereocenters. The van der Waals surface area contributed by atoms with E-state index >= 15 is 0 Å². The SMILES string of the molecule is CN(C)CCCOc1ccc(-c2ccc3nc4cccc(N5CCN(C)CC5)c4n3c2)cn1. The van der Waals surface area contributed by atoms with Crippen LogP contribution in [-0.4, -0.2) is 84.6 Å².